The Kier molecular flexibility index (Phi) is 2.49. The van der Waals surface area contributed by atoms with Gasteiger partial charge >= 0.3 is 0 Å². The molecule has 1 saturated heterocycles. The summed E-state index contributed by atoms with van der Waals surface area (Å²) in [5, 5.41) is 0. The van der Waals surface area contributed by atoms with Crippen LogP contribution in [0.2, 0.25) is 0 Å². The lowest BCUT2D eigenvalue weighted by Crippen LogP contribution is -2.22. The van der Waals surface area contributed by atoms with E-state index in [1.54, 1.807) is 0 Å². The molecule has 0 aromatic rings. The fraction of sp³-hybridized carbons (Fsp3) is 0.727. The average molecular weight is 179 g/mol. The molecular weight excluding hydrogens is 162 g/mol. The summed E-state index contributed by atoms with van der Waals surface area (Å²) in [5.74, 6) is 0.916. The van der Waals surface area contributed by atoms with E-state index >= 15 is 0 Å². The number of rotatable bonds is 3. The smallest absolute Gasteiger partial charge is 0.156 e. The highest BCUT2D eigenvalue weighted by molar-refractivity contribution is 5.93. The molecule has 1 atom stereocenters. The van der Waals surface area contributed by atoms with Gasteiger partial charge in [0.1, 0.15) is 0 Å². The largest absolute Gasteiger partial charge is 0.299 e. The topological polar surface area (TPSA) is 20.3 Å². The van der Waals surface area contributed by atoms with Gasteiger partial charge in [-0.2, -0.15) is 0 Å². The van der Waals surface area contributed by atoms with E-state index in [2.05, 4.69) is 11.8 Å². The number of nitrogens with zero attached hydrogens (tertiary/aromatic N) is 1. The van der Waals surface area contributed by atoms with Crippen molar-refractivity contribution in [1.29, 1.82) is 0 Å². The fourth-order valence-corrected chi connectivity index (χ4v) is 2.30. The molecule has 1 fully saturated rings. The van der Waals surface area contributed by atoms with E-state index in [4.69, 9.17) is 0 Å². The van der Waals surface area contributed by atoms with Crippen molar-refractivity contribution in [2.24, 2.45) is 5.92 Å². The van der Waals surface area contributed by atoms with Crippen LogP contribution >= 0.6 is 0 Å². The van der Waals surface area contributed by atoms with Gasteiger partial charge in [-0.25, -0.2) is 0 Å². The number of allylic oxidation sites excluding steroid dienone is 1. The summed E-state index contributed by atoms with van der Waals surface area (Å²) in [6.07, 6.45) is 5.20. The summed E-state index contributed by atoms with van der Waals surface area (Å²) in [4.78, 5) is 13.6. The third-order valence-electron chi connectivity index (χ3n) is 3.03. The molecule has 2 rings (SSSR count). The van der Waals surface area contributed by atoms with Crippen LogP contribution in [-0.4, -0.2) is 30.3 Å². The van der Waals surface area contributed by atoms with E-state index in [1.807, 2.05) is 6.08 Å². The van der Waals surface area contributed by atoms with Gasteiger partial charge in [0.15, 0.2) is 5.78 Å². The minimum absolute atomic E-state index is 0.343. The van der Waals surface area contributed by atoms with E-state index in [0.29, 0.717) is 11.7 Å². The molecule has 0 unspecified atom stereocenters. The molecule has 2 aliphatic rings. The molecule has 0 radical (unpaired) electrons. The Morgan fingerprint density at radius 2 is 2.46 bits per heavy atom. The number of unbranched alkanes of at least 4 members (excludes halogenated alkanes) is 1. The summed E-state index contributed by atoms with van der Waals surface area (Å²) in [7, 11) is 0. The standard InChI is InChI=1S/C11H17NO/c1-2-3-4-12-7-9-5-11(13)6-10(9)8-12/h5,10H,2-4,6-8H2,1H3/t10-/m1/s1. The third-order valence-corrected chi connectivity index (χ3v) is 3.03. The van der Waals surface area contributed by atoms with Gasteiger partial charge in [-0.1, -0.05) is 13.3 Å². The number of fused-ring (bicyclic) bond motifs is 1. The maximum atomic E-state index is 11.1. The van der Waals surface area contributed by atoms with Crippen molar-refractivity contribution in [1.82, 2.24) is 4.90 Å². The molecule has 0 aromatic carbocycles. The van der Waals surface area contributed by atoms with Gasteiger partial charge in [0.05, 0.1) is 0 Å². The van der Waals surface area contributed by atoms with E-state index in [1.165, 1.54) is 25.0 Å². The molecule has 1 heterocycles. The molecule has 1 aliphatic carbocycles. The normalized spacial score (nSPS) is 27.9. The van der Waals surface area contributed by atoms with E-state index in [-0.39, 0.29) is 0 Å². The zero-order valence-corrected chi connectivity index (χ0v) is 8.25. The Balaban J connectivity index is 1.88. The van der Waals surface area contributed by atoms with Gasteiger partial charge in [-0.05, 0) is 24.6 Å². The van der Waals surface area contributed by atoms with Crippen LogP contribution in [0.3, 0.4) is 0 Å². The van der Waals surface area contributed by atoms with Crippen LogP contribution in [0.15, 0.2) is 11.6 Å². The number of carbonyl (C=O) groups excluding carboxylic acids is 1. The molecule has 0 amide bonds. The molecule has 0 saturated carbocycles. The first-order valence-corrected chi connectivity index (χ1v) is 5.25. The number of likely N-dealkylation sites (tertiary alicyclic amines) is 1. The predicted molar refractivity (Wildman–Crippen MR) is 52.5 cm³/mol. The molecule has 0 bridgehead atoms. The highest BCUT2D eigenvalue weighted by Gasteiger charge is 2.32. The monoisotopic (exact) mass is 179 g/mol. The Morgan fingerprint density at radius 3 is 3.15 bits per heavy atom. The van der Waals surface area contributed by atoms with Crippen molar-refractivity contribution in [2.45, 2.75) is 26.2 Å². The summed E-state index contributed by atoms with van der Waals surface area (Å²) in [6.45, 7) is 5.60. The van der Waals surface area contributed by atoms with Crippen LogP contribution < -0.4 is 0 Å². The van der Waals surface area contributed by atoms with Crippen LogP contribution in [-0.2, 0) is 4.79 Å². The maximum Gasteiger partial charge on any atom is 0.156 e. The van der Waals surface area contributed by atoms with E-state index < -0.39 is 0 Å². The van der Waals surface area contributed by atoms with Crippen molar-refractivity contribution in [3.8, 4) is 0 Å². The second kappa shape index (κ2) is 3.62. The Bertz CT molecular complexity index is 244. The minimum Gasteiger partial charge on any atom is -0.299 e. The Morgan fingerprint density at radius 1 is 1.62 bits per heavy atom. The highest BCUT2D eigenvalue weighted by atomic mass is 16.1. The number of hydrogen-bond donors (Lipinski definition) is 0. The van der Waals surface area contributed by atoms with Crippen LogP contribution in [0, 0.1) is 5.92 Å². The lowest BCUT2D eigenvalue weighted by Gasteiger charge is -2.14. The first-order valence-electron chi connectivity index (χ1n) is 5.25. The Labute approximate surface area is 79.6 Å². The first-order chi connectivity index (χ1) is 6.29. The summed E-state index contributed by atoms with van der Waals surface area (Å²) >= 11 is 0. The molecule has 72 valence electrons. The van der Waals surface area contributed by atoms with Gasteiger partial charge in [0, 0.05) is 25.4 Å². The van der Waals surface area contributed by atoms with Crippen LogP contribution in [0.1, 0.15) is 26.2 Å². The summed E-state index contributed by atoms with van der Waals surface area (Å²) in [6, 6.07) is 0. The number of ketones is 1. The zero-order valence-electron chi connectivity index (χ0n) is 8.25. The van der Waals surface area contributed by atoms with Gasteiger partial charge in [-0.15, -0.1) is 0 Å². The maximum absolute atomic E-state index is 11.1. The van der Waals surface area contributed by atoms with Gasteiger partial charge in [0.25, 0.3) is 0 Å². The molecule has 13 heavy (non-hydrogen) atoms. The van der Waals surface area contributed by atoms with Crippen molar-refractivity contribution in [3.63, 3.8) is 0 Å². The van der Waals surface area contributed by atoms with E-state index in [0.717, 1.165) is 19.5 Å². The first kappa shape index (κ1) is 8.95. The summed E-state index contributed by atoms with van der Waals surface area (Å²) < 4.78 is 0. The quantitative estimate of drug-likeness (QED) is 0.656. The van der Waals surface area contributed by atoms with Crippen LogP contribution in [0.5, 0.6) is 0 Å². The van der Waals surface area contributed by atoms with Crippen molar-refractivity contribution < 1.29 is 4.79 Å². The van der Waals surface area contributed by atoms with Crippen LogP contribution in [0.4, 0.5) is 0 Å². The highest BCUT2D eigenvalue weighted by Crippen LogP contribution is 2.30. The molecule has 2 heteroatoms. The third kappa shape index (κ3) is 1.83. The van der Waals surface area contributed by atoms with Gasteiger partial charge in [-0.3, -0.25) is 9.69 Å². The SMILES string of the molecule is CCCCN1CC2=CC(=O)C[C@@H]2C1. The average Bonchev–Trinajstić information content (AvgIpc) is 2.57. The molecule has 1 aliphatic heterocycles. The van der Waals surface area contributed by atoms with Crippen molar-refractivity contribution >= 4 is 5.78 Å². The second-order valence-corrected chi connectivity index (χ2v) is 4.18. The second-order valence-electron chi connectivity index (χ2n) is 4.18. The lowest BCUT2D eigenvalue weighted by molar-refractivity contribution is -0.114. The molecule has 0 N–H and O–H groups in total. The van der Waals surface area contributed by atoms with E-state index in [9.17, 15) is 4.79 Å². The molecular formula is C11H17NO. The summed E-state index contributed by atoms with van der Waals surface area (Å²) in [5.41, 5.74) is 1.39. The molecule has 0 spiro atoms. The van der Waals surface area contributed by atoms with Gasteiger partial charge in [0.2, 0.25) is 0 Å². The predicted octanol–water partition coefficient (Wildman–Crippen LogP) is 1.62. The number of hydrogen-bond acceptors (Lipinski definition) is 2. The fourth-order valence-electron chi connectivity index (χ4n) is 2.30. The lowest BCUT2D eigenvalue weighted by atomic mass is 10.1. The minimum atomic E-state index is 0.343. The van der Waals surface area contributed by atoms with Gasteiger partial charge < -0.3 is 0 Å². The molecule has 0 aromatic heterocycles. The van der Waals surface area contributed by atoms with Crippen LogP contribution in [0.25, 0.3) is 0 Å². The zero-order chi connectivity index (χ0) is 9.26. The molecule has 2 nitrogen and oxygen atoms in total. The van der Waals surface area contributed by atoms with Crippen molar-refractivity contribution in [3.05, 3.63) is 11.6 Å². The Hall–Kier alpha value is -0.630. The number of carbonyl (C=O) groups is 1. The van der Waals surface area contributed by atoms with Crippen molar-refractivity contribution in [2.75, 3.05) is 19.6 Å².